The molecule has 0 saturated heterocycles. The fourth-order valence-electron chi connectivity index (χ4n) is 1.54. The number of rotatable bonds is 0. The Kier molecular flexibility index (Phi) is 1.28. The standard InChI is InChI=1S/C9H11NO/c1-6-4-8-7(2-3-10-8)9(11)5-6/h4-5,10-11H,2-3H2,1H3. The van der Waals surface area contributed by atoms with Gasteiger partial charge in [0.15, 0.2) is 0 Å². The fourth-order valence-corrected chi connectivity index (χ4v) is 1.54. The SMILES string of the molecule is Cc1cc(O)c2c(c1)NCC2. The van der Waals surface area contributed by atoms with Crippen LogP contribution in [0.5, 0.6) is 5.75 Å². The van der Waals surface area contributed by atoms with Gasteiger partial charge in [0, 0.05) is 17.8 Å². The van der Waals surface area contributed by atoms with Crippen LogP contribution in [0.2, 0.25) is 0 Å². The molecule has 0 aromatic heterocycles. The fraction of sp³-hybridized carbons (Fsp3) is 0.333. The number of fused-ring (bicyclic) bond motifs is 1. The van der Waals surface area contributed by atoms with E-state index in [2.05, 4.69) is 11.4 Å². The van der Waals surface area contributed by atoms with E-state index in [1.165, 1.54) is 0 Å². The summed E-state index contributed by atoms with van der Waals surface area (Å²) >= 11 is 0. The minimum absolute atomic E-state index is 0.435. The molecule has 58 valence electrons. The Morgan fingerprint density at radius 2 is 2.27 bits per heavy atom. The second-order valence-electron chi connectivity index (χ2n) is 2.99. The topological polar surface area (TPSA) is 32.3 Å². The maximum absolute atomic E-state index is 9.47. The Balaban J connectivity index is 2.60. The molecule has 0 saturated carbocycles. The highest BCUT2D eigenvalue weighted by molar-refractivity contribution is 5.62. The molecule has 0 amide bonds. The summed E-state index contributed by atoms with van der Waals surface area (Å²) in [5, 5.41) is 12.7. The van der Waals surface area contributed by atoms with Crippen molar-refractivity contribution in [2.24, 2.45) is 0 Å². The first-order valence-corrected chi connectivity index (χ1v) is 3.84. The van der Waals surface area contributed by atoms with Gasteiger partial charge in [-0.25, -0.2) is 0 Å². The van der Waals surface area contributed by atoms with E-state index in [-0.39, 0.29) is 0 Å². The van der Waals surface area contributed by atoms with Crippen LogP contribution in [0.25, 0.3) is 0 Å². The maximum Gasteiger partial charge on any atom is 0.121 e. The number of aromatic hydroxyl groups is 1. The number of phenols is 1. The summed E-state index contributed by atoms with van der Waals surface area (Å²) in [4.78, 5) is 0. The molecule has 0 spiro atoms. The Morgan fingerprint density at radius 3 is 3.09 bits per heavy atom. The van der Waals surface area contributed by atoms with Crippen molar-refractivity contribution in [3.8, 4) is 5.75 Å². The minimum Gasteiger partial charge on any atom is -0.508 e. The molecule has 0 radical (unpaired) electrons. The molecule has 2 heteroatoms. The van der Waals surface area contributed by atoms with Crippen molar-refractivity contribution < 1.29 is 5.11 Å². The molecule has 0 unspecified atom stereocenters. The van der Waals surface area contributed by atoms with Gasteiger partial charge in [-0.3, -0.25) is 0 Å². The number of benzene rings is 1. The van der Waals surface area contributed by atoms with E-state index in [0.717, 1.165) is 29.8 Å². The first kappa shape index (κ1) is 6.53. The summed E-state index contributed by atoms with van der Waals surface area (Å²) < 4.78 is 0. The van der Waals surface area contributed by atoms with Crippen molar-refractivity contribution in [2.75, 3.05) is 11.9 Å². The lowest BCUT2D eigenvalue weighted by Gasteiger charge is -2.03. The van der Waals surface area contributed by atoms with Gasteiger partial charge in [-0.15, -0.1) is 0 Å². The van der Waals surface area contributed by atoms with Crippen LogP contribution in [0.1, 0.15) is 11.1 Å². The molecule has 0 aliphatic carbocycles. The van der Waals surface area contributed by atoms with Crippen LogP contribution >= 0.6 is 0 Å². The van der Waals surface area contributed by atoms with Crippen molar-refractivity contribution in [3.63, 3.8) is 0 Å². The van der Waals surface area contributed by atoms with Gasteiger partial charge in [0.2, 0.25) is 0 Å². The van der Waals surface area contributed by atoms with Crippen molar-refractivity contribution in [2.45, 2.75) is 13.3 Å². The average molecular weight is 149 g/mol. The third-order valence-electron chi connectivity index (χ3n) is 2.06. The summed E-state index contributed by atoms with van der Waals surface area (Å²) in [6.07, 6.45) is 0.946. The van der Waals surface area contributed by atoms with Gasteiger partial charge in [0.25, 0.3) is 0 Å². The van der Waals surface area contributed by atoms with Gasteiger partial charge in [-0.1, -0.05) is 0 Å². The minimum atomic E-state index is 0.435. The van der Waals surface area contributed by atoms with Crippen LogP contribution in [0, 0.1) is 6.92 Å². The number of hydrogen-bond acceptors (Lipinski definition) is 2. The van der Waals surface area contributed by atoms with E-state index in [9.17, 15) is 5.11 Å². The highest BCUT2D eigenvalue weighted by Crippen LogP contribution is 2.31. The molecule has 1 aromatic rings. The van der Waals surface area contributed by atoms with Gasteiger partial charge in [-0.05, 0) is 31.0 Å². The molecule has 2 nitrogen and oxygen atoms in total. The Hall–Kier alpha value is -1.18. The van der Waals surface area contributed by atoms with E-state index in [1.807, 2.05) is 13.0 Å². The van der Waals surface area contributed by atoms with Crippen LogP contribution in [0.3, 0.4) is 0 Å². The Labute approximate surface area is 65.9 Å². The average Bonchev–Trinajstić information content (AvgIpc) is 2.34. The highest BCUT2D eigenvalue weighted by atomic mass is 16.3. The van der Waals surface area contributed by atoms with Crippen LogP contribution in [-0.2, 0) is 6.42 Å². The summed E-state index contributed by atoms with van der Waals surface area (Å²) in [5.74, 6) is 0.435. The third kappa shape index (κ3) is 0.946. The molecular weight excluding hydrogens is 138 g/mol. The lowest BCUT2D eigenvalue weighted by atomic mass is 10.1. The lowest BCUT2D eigenvalue weighted by molar-refractivity contribution is 0.470. The van der Waals surface area contributed by atoms with Crippen LogP contribution < -0.4 is 5.32 Å². The lowest BCUT2D eigenvalue weighted by Crippen LogP contribution is -1.90. The predicted octanol–water partition coefficient (Wildman–Crippen LogP) is 1.67. The number of anilines is 1. The van der Waals surface area contributed by atoms with Crippen molar-refractivity contribution in [1.82, 2.24) is 0 Å². The highest BCUT2D eigenvalue weighted by Gasteiger charge is 2.13. The van der Waals surface area contributed by atoms with Crippen LogP contribution in [-0.4, -0.2) is 11.7 Å². The van der Waals surface area contributed by atoms with E-state index in [0.29, 0.717) is 5.75 Å². The molecule has 1 aliphatic rings. The van der Waals surface area contributed by atoms with Gasteiger partial charge >= 0.3 is 0 Å². The summed E-state index contributed by atoms with van der Waals surface area (Å²) in [6.45, 7) is 2.94. The molecule has 0 atom stereocenters. The largest absolute Gasteiger partial charge is 0.508 e. The normalized spacial score (nSPS) is 14.3. The molecular formula is C9H11NO. The first-order chi connectivity index (χ1) is 5.27. The second-order valence-corrected chi connectivity index (χ2v) is 2.99. The first-order valence-electron chi connectivity index (χ1n) is 3.84. The molecule has 0 fully saturated rings. The second kappa shape index (κ2) is 2.16. The zero-order valence-electron chi connectivity index (χ0n) is 6.52. The van der Waals surface area contributed by atoms with Gasteiger partial charge < -0.3 is 10.4 Å². The third-order valence-corrected chi connectivity index (χ3v) is 2.06. The smallest absolute Gasteiger partial charge is 0.121 e. The summed E-state index contributed by atoms with van der Waals surface area (Å²) in [5.41, 5.74) is 3.27. The van der Waals surface area contributed by atoms with E-state index in [4.69, 9.17) is 0 Å². The molecule has 1 heterocycles. The monoisotopic (exact) mass is 149 g/mol. The molecule has 1 aromatic carbocycles. The van der Waals surface area contributed by atoms with E-state index >= 15 is 0 Å². The molecule has 0 bridgehead atoms. The zero-order valence-corrected chi connectivity index (χ0v) is 6.52. The maximum atomic E-state index is 9.47. The molecule has 1 aliphatic heterocycles. The van der Waals surface area contributed by atoms with Crippen molar-refractivity contribution >= 4 is 5.69 Å². The number of aryl methyl sites for hydroxylation is 1. The Bertz CT molecular complexity index is 294. The van der Waals surface area contributed by atoms with Crippen LogP contribution in [0.15, 0.2) is 12.1 Å². The predicted molar refractivity (Wildman–Crippen MR) is 45.0 cm³/mol. The number of hydrogen-bond donors (Lipinski definition) is 2. The summed E-state index contributed by atoms with van der Waals surface area (Å²) in [7, 11) is 0. The number of nitrogens with one attached hydrogen (secondary N) is 1. The Morgan fingerprint density at radius 1 is 1.45 bits per heavy atom. The van der Waals surface area contributed by atoms with Crippen LogP contribution in [0.4, 0.5) is 5.69 Å². The zero-order chi connectivity index (χ0) is 7.84. The quantitative estimate of drug-likeness (QED) is 0.588. The van der Waals surface area contributed by atoms with E-state index in [1.54, 1.807) is 0 Å². The van der Waals surface area contributed by atoms with Gasteiger partial charge in [-0.2, -0.15) is 0 Å². The van der Waals surface area contributed by atoms with E-state index < -0.39 is 0 Å². The molecule has 2 rings (SSSR count). The van der Waals surface area contributed by atoms with Gasteiger partial charge in [0.05, 0.1) is 0 Å². The number of phenolic OH excluding ortho intramolecular Hbond substituents is 1. The summed E-state index contributed by atoms with van der Waals surface area (Å²) in [6, 6.07) is 3.88. The van der Waals surface area contributed by atoms with Gasteiger partial charge in [0.1, 0.15) is 5.75 Å². The molecule has 2 N–H and O–H groups in total. The molecule has 11 heavy (non-hydrogen) atoms. The van der Waals surface area contributed by atoms with Crippen molar-refractivity contribution in [3.05, 3.63) is 23.3 Å². The van der Waals surface area contributed by atoms with Crippen molar-refractivity contribution in [1.29, 1.82) is 0 Å².